The third-order valence-electron chi connectivity index (χ3n) is 4.33. The van der Waals surface area contributed by atoms with Gasteiger partial charge in [0.25, 0.3) is 5.92 Å². The number of rotatable bonds is 6. The third-order valence-corrected chi connectivity index (χ3v) is 4.33. The average Bonchev–Trinajstić information content (AvgIpc) is 2.60. The molecule has 0 aromatic heterocycles. The molecule has 0 radical (unpaired) electrons. The van der Waals surface area contributed by atoms with E-state index in [0.717, 1.165) is 24.1 Å². The maximum Gasteiger partial charge on any atom is 0.273 e. The molecule has 1 unspecified atom stereocenters. The number of alkyl halides is 2. The lowest BCUT2D eigenvalue weighted by atomic mass is 10.0. The summed E-state index contributed by atoms with van der Waals surface area (Å²) < 4.78 is 40.4. The fourth-order valence-corrected chi connectivity index (χ4v) is 2.86. The third kappa shape index (κ3) is 4.77. The molecular weight excluding hydrogens is 339 g/mol. The predicted octanol–water partition coefficient (Wildman–Crippen LogP) is 4.84. The van der Waals surface area contributed by atoms with E-state index in [-0.39, 0.29) is 12.6 Å². The molecule has 0 saturated carbocycles. The van der Waals surface area contributed by atoms with Gasteiger partial charge in [-0.25, -0.2) is 18.2 Å². The van der Waals surface area contributed by atoms with Crippen molar-refractivity contribution in [1.29, 1.82) is 0 Å². The molecule has 0 aliphatic heterocycles. The van der Waals surface area contributed by atoms with Gasteiger partial charge in [0.2, 0.25) is 0 Å². The van der Waals surface area contributed by atoms with Gasteiger partial charge in [-0.2, -0.15) is 0 Å². The van der Waals surface area contributed by atoms with E-state index in [1.807, 2.05) is 42.3 Å². The molecule has 0 spiro atoms. The normalized spacial score (nSPS) is 13.5. The van der Waals surface area contributed by atoms with E-state index in [2.05, 4.69) is 11.9 Å². The van der Waals surface area contributed by atoms with E-state index in [4.69, 9.17) is 5.73 Å². The van der Waals surface area contributed by atoms with Crippen molar-refractivity contribution in [2.75, 3.05) is 7.05 Å². The molecule has 0 bridgehead atoms. The standard InChI is InChI=1S/C20H24F3N3/c1-4-18(15-8-6-5-7-9-15)26(3)19(24)25-13-14-10-11-16(17(21)12-14)20(2,22)23/h5-12,18H,4,13H2,1-3H3,(H2,24,25). The molecule has 6 heteroatoms. The van der Waals surface area contributed by atoms with Crippen molar-refractivity contribution in [2.24, 2.45) is 10.7 Å². The summed E-state index contributed by atoms with van der Waals surface area (Å²) in [4.78, 5) is 6.15. The van der Waals surface area contributed by atoms with E-state index < -0.39 is 17.3 Å². The maximum atomic E-state index is 13.9. The molecule has 0 fully saturated rings. The number of halogens is 3. The monoisotopic (exact) mass is 363 g/mol. The predicted molar refractivity (Wildman–Crippen MR) is 98.5 cm³/mol. The van der Waals surface area contributed by atoms with Crippen molar-refractivity contribution < 1.29 is 13.2 Å². The molecule has 0 aliphatic rings. The molecule has 1 atom stereocenters. The lowest BCUT2D eigenvalue weighted by Gasteiger charge is -2.28. The van der Waals surface area contributed by atoms with Crippen LogP contribution in [0.5, 0.6) is 0 Å². The minimum Gasteiger partial charge on any atom is -0.370 e. The molecule has 2 aromatic carbocycles. The summed E-state index contributed by atoms with van der Waals surface area (Å²) in [6.07, 6.45) is 0.839. The van der Waals surface area contributed by atoms with Crippen molar-refractivity contribution in [3.05, 3.63) is 71.0 Å². The Bertz CT molecular complexity index is 755. The van der Waals surface area contributed by atoms with Gasteiger partial charge in [0, 0.05) is 14.0 Å². The number of guanidine groups is 1. The van der Waals surface area contributed by atoms with E-state index in [1.54, 1.807) is 0 Å². The van der Waals surface area contributed by atoms with Crippen molar-refractivity contribution in [3.63, 3.8) is 0 Å². The summed E-state index contributed by atoms with van der Waals surface area (Å²) in [5.74, 6) is -3.84. The zero-order chi connectivity index (χ0) is 19.3. The van der Waals surface area contributed by atoms with E-state index in [0.29, 0.717) is 18.4 Å². The van der Waals surface area contributed by atoms with E-state index in [1.165, 1.54) is 6.07 Å². The van der Waals surface area contributed by atoms with Crippen LogP contribution in [-0.2, 0) is 12.5 Å². The van der Waals surface area contributed by atoms with Gasteiger partial charge in [-0.05, 0) is 29.7 Å². The number of hydrogen-bond acceptors (Lipinski definition) is 1. The number of aliphatic imine (C=N–C) groups is 1. The molecule has 26 heavy (non-hydrogen) atoms. The number of hydrogen-bond donors (Lipinski definition) is 1. The summed E-state index contributed by atoms with van der Waals surface area (Å²) in [5.41, 5.74) is 7.07. The summed E-state index contributed by atoms with van der Waals surface area (Å²) >= 11 is 0. The summed E-state index contributed by atoms with van der Waals surface area (Å²) in [7, 11) is 1.85. The molecule has 0 amide bonds. The number of nitrogens with two attached hydrogens (primary N) is 1. The van der Waals surface area contributed by atoms with Crippen LogP contribution in [0, 0.1) is 5.82 Å². The van der Waals surface area contributed by atoms with Gasteiger partial charge >= 0.3 is 0 Å². The SMILES string of the molecule is CCC(c1ccccc1)N(C)C(N)=NCc1ccc(C(C)(F)F)c(F)c1. The quantitative estimate of drug-likeness (QED) is 0.590. The first-order chi connectivity index (χ1) is 12.2. The molecule has 0 heterocycles. The minimum absolute atomic E-state index is 0.0674. The second-order valence-corrected chi connectivity index (χ2v) is 6.32. The maximum absolute atomic E-state index is 13.9. The lowest BCUT2D eigenvalue weighted by Crippen LogP contribution is -2.37. The summed E-state index contributed by atoms with van der Waals surface area (Å²) in [5, 5.41) is 0. The Kier molecular flexibility index (Phi) is 6.29. The second kappa shape index (κ2) is 8.25. The highest BCUT2D eigenvalue weighted by Gasteiger charge is 2.28. The number of nitrogens with zero attached hydrogens (tertiary/aromatic N) is 2. The zero-order valence-electron chi connectivity index (χ0n) is 15.2. The van der Waals surface area contributed by atoms with Crippen LogP contribution in [0.1, 0.15) is 43.0 Å². The summed E-state index contributed by atoms with van der Waals surface area (Å²) in [6, 6.07) is 13.6. The van der Waals surface area contributed by atoms with Gasteiger partial charge in [0.05, 0.1) is 18.2 Å². The van der Waals surface area contributed by atoms with Crippen molar-refractivity contribution in [2.45, 2.75) is 38.8 Å². The average molecular weight is 363 g/mol. The molecule has 140 valence electrons. The Morgan fingerprint density at radius 3 is 2.38 bits per heavy atom. The molecule has 2 rings (SSSR count). The fraction of sp³-hybridized carbons (Fsp3) is 0.350. The number of benzene rings is 2. The van der Waals surface area contributed by atoms with E-state index in [9.17, 15) is 13.2 Å². The highest BCUT2D eigenvalue weighted by molar-refractivity contribution is 5.78. The van der Waals surface area contributed by atoms with Crippen LogP contribution >= 0.6 is 0 Å². The van der Waals surface area contributed by atoms with Gasteiger partial charge in [-0.15, -0.1) is 0 Å². The van der Waals surface area contributed by atoms with Crippen LogP contribution in [0.4, 0.5) is 13.2 Å². The molecular formula is C20H24F3N3. The van der Waals surface area contributed by atoms with Crippen LogP contribution in [0.15, 0.2) is 53.5 Å². The molecule has 2 aromatic rings. The smallest absolute Gasteiger partial charge is 0.273 e. The van der Waals surface area contributed by atoms with Crippen molar-refractivity contribution in [1.82, 2.24) is 4.90 Å². The van der Waals surface area contributed by atoms with Crippen LogP contribution < -0.4 is 5.73 Å². The van der Waals surface area contributed by atoms with Crippen LogP contribution in [0.25, 0.3) is 0 Å². The zero-order valence-corrected chi connectivity index (χ0v) is 15.2. The minimum atomic E-state index is -3.21. The highest BCUT2D eigenvalue weighted by atomic mass is 19.3. The lowest BCUT2D eigenvalue weighted by molar-refractivity contribution is 0.0137. The van der Waals surface area contributed by atoms with Gasteiger partial charge in [-0.3, -0.25) is 0 Å². The van der Waals surface area contributed by atoms with Gasteiger partial charge < -0.3 is 10.6 Å². The second-order valence-electron chi connectivity index (χ2n) is 6.32. The van der Waals surface area contributed by atoms with Crippen LogP contribution in [0.3, 0.4) is 0 Å². The Labute approximate surface area is 152 Å². The van der Waals surface area contributed by atoms with Gasteiger partial charge in [0.1, 0.15) is 5.82 Å². The van der Waals surface area contributed by atoms with Crippen molar-refractivity contribution in [3.8, 4) is 0 Å². The molecule has 3 nitrogen and oxygen atoms in total. The van der Waals surface area contributed by atoms with Gasteiger partial charge in [-0.1, -0.05) is 43.3 Å². The summed E-state index contributed by atoms with van der Waals surface area (Å²) in [6.45, 7) is 2.85. The fourth-order valence-electron chi connectivity index (χ4n) is 2.86. The highest BCUT2D eigenvalue weighted by Crippen LogP contribution is 2.29. The van der Waals surface area contributed by atoms with Gasteiger partial charge in [0.15, 0.2) is 5.96 Å². The topological polar surface area (TPSA) is 41.6 Å². The first-order valence-corrected chi connectivity index (χ1v) is 8.48. The Morgan fingerprint density at radius 1 is 1.19 bits per heavy atom. The molecule has 0 aliphatic carbocycles. The van der Waals surface area contributed by atoms with Crippen molar-refractivity contribution >= 4 is 5.96 Å². The van der Waals surface area contributed by atoms with Crippen LogP contribution in [0.2, 0.25) is 0 Å². The molecule has 0 saturated heterocycles. The Balaban J connectivity index is 2.13. The first kappa shape index (κ1) is 19.8. The Morgan fingerprint density at radius 2 is 1.85 bits per heavy atom. The Hall–Kier alpha value is -2.50. The van der Waals surface area contributed by atoms with E-state index >= 15 is 0 Å². The molecule has 2 N–H and O–H groups in total. The first-order valence-electron chi connectivity index (χ1n) is 8.48. The largest absolute Gasteiger partial charge is 0.370 e. The van der Waals surface area contributed by atoms with Crippen LogP contribution in [-0.4, -0.2) is 17.9 Å².